The highest BCUT2D eigenvalue weighted by Gasteiger charge is 2.31. The predicted molar refractivity (Wildman–Crippen MR) is 119 cm³/mol. The number of aromatic nitrogens is 4. The molecule has 1 aliphatic heterocycles. The Balaban J connectivity index is 1.35. The lowest BCUT2D eigenvalue weighted by Gasteiger charge is -2.32. The standard InChI is InChI=1S/C22H26N6O2S/c1-12-9-15(25-22-24-13(2)14(3)31-22)10-18(23-12)19-11-28(7-8-30-19)21(29)20-16-5-4-6-17(16)26-27-20/h9-10,19H,4-8,11H2,1-3H3,(H,26,27)(H,23,24,25)/t19-/m0/s1. The van der Waals surface area contributed by atoms with Gasteiger partial charge in [-0.05, 0) is 52.2 Å². The van der Waals surface area contributed by atoms with Gasteiger partial charge < -0.3 is 15.0 Å². The topological polar surface area (TPSA) is 96.0 Å². The maximum atomic E-state index is 13.2. The Hall–Kier alpha value is -2.78. The predicted octanol–water partition coefficient (Wildman–Crippen LogP) is 3.63. The van der Waals surface area contributed by atoms with Crippen molar-refractivity contribution >= 4 is 28.1 Å². The number of amides is 1. The van der Waals surface area contributed by atoms with E-state index in [9.17, 15) is 4.79 Å². The summed E-state index contributed by atoms with van der Waals surface area (Å²) < 4.78 is 6.01. The monoisotopic (exact) mass is 438 g/mol. The van der Waals surface area contributed by atoms with Crippen molar-refractivity contribution in [3.63, 3.8) is 0 Å². The second-order valence-electron chi connectivity index (χ2n) is 8.20. The Morgan fingerprint density at radius 3 is 2.94 bits per heavy atom. The third-order valence-corrected chi connectivity index (χ3v) is 6.93. The Morgan fingerprint density at radius 1 is 1.26 bits per heavy atom. The van der Waals surface area contributed by atoms with Crippen molar-refractivity contribution < 1.29 is 9.53 Å². The summed E-state index contributed by atoms with van der Waals surface area (Å²) in [7, 11) is 0. The number of aromatic amines is 1. The fraction of sp³-hybridized carbons (Fsp3) is 0.455. The van der Waals surface area contributed by atoms with Gasteiger partial charge in [0.15, 0.2) is 10.8 Å². The number of rotatable bonds is 4. The molecule has 3 aromatic rings. The number of nitrogens with zero attached hydrogens (tertiary/aromatic N) is 4. The summed E-state index contributed by atoms with van der Waals surface area (Å²) in [6.45, 7) is 7.55. The minimum absolute atomic E-state index is 0.0209. The molecule has 0 saturated carbocycles. The van der Waals surface area contributed by atoms with Crippen molar-refractivity contribution in [2.75, 3.05) is 25.0 Å². The van der Waals surface area contributed by atoms with Gasteiger partial charge >= 0.3 is 0 Å². The zero-order chi connectivity index (χ0) is 21.5. The molecule has 0 radical (unpaired) electrons. The molecule has 4 heterocycles. The number of aryl methyl sites for hydroxylation is 4. The second kappa shape index (κ2) is 8.05. The summed E-state index contributed by atoms with van der Waals surface area (Å²) in [6.07, 6.45) is 2.70. The van der Waals surface area contributed by atoms with E-state index in [0.717, 1.165) is 58.4 Å². The summed E-state index contributed by atoms with van der Waals surface area (Å²) in [4.78, 5) is 25.5. The molecule has 0 unspecified atom stereocenters. The van der Waals surface area contributed by atoms with Crippen molar-refractivity contribution in [1.29, 1.82) is 0 Å². The van der Waals surface area contributed by atoms with Crippen LogP contribution >= 0.6 is 11.3 Å². The van der Waals surface area contributed by atoms with Crippen LogP contribution in [0.2, 0.25) is 0 Å². The number of hydrogen-bond donors (Lipinski definition) is 2. The lowest BCUT2D eigenvalue weighted by Crippen LogP contribution is -2.43. The number of anilines is 2. The molecule has 1 atom stereocenters. The first-order valence-electron chi connectivity index (χ1n) is 10.6. The van der Waals surface area contributed by atoms with Gasteiger partial charge in [0.05, 0.1) is 24.5 Å². The van der Waals surface area contributed by atoms with Crippen molar-refractivity contribution in [3.05, 3.63) is 51.0 Å². The van der Waals surface area contributed by atoms with Gasteiger partial charge in [0.2, 0.25) is 0 Å². The van der Waals surface area contributed by atoms with Gasteiger partial charge in [-0.15, -0.1) is 11.3 Å². The van der Waals surface area contributed by atoms with Crippen molar-refractivity contribution in [2.24, 2.45) is 0 Å². The van der Waals surface area contributed by atoms with E-state index in [1.807, 2.05) is 30.9 Å². The molecule has 8 nitrogen and oxygen atoms in total. The second-order valence-corrected chi connectivity index (χ2v) is 9.40. The maximum absolute atomic E-state index is 13.2. The van der Waals surface area contributed by atoms with Crippen molar-refractivity contribution in [3.8, 4) is 0 Å². The fourth-order valence-corrected chi connectivity index (χ4v) is 5.07. The van der Waals surface area contributed by atoms with Gasteiger partial charge in [-0.2, -0.15) is 5.10 Å². The van der Waals surface area contributed by atoms with E-state index in [0.29, 0.717) is 25.4 Å². The van der Waals surface area contributed by atoms with Gasteiger partial charge in [0.25, 0.3) is 5.91 Å². The van der Waals surface area contributed by atoms with Crippen LogP contribution in [0.4, 0.5) is 10.8 Å². The van der Waals surface area contributed by atoms with Crippen LogP contribution in [0.3, 0.4) is 0 Å². The molecule has 0 bridgehead atoms. The van der Waals surface area contributed by atoms with Crippen molar-refractivity contribution in [1.82, 2.24) is 25.1 Å². The Kier molecular flexibility index (Phi) is 5.23. The van der Waals surface area contributed by atoms with E-state index in [1.165, 1.54) is 4.88 Å². The number of hydrogen-bond acceptors (Lipinski definition) is 7. The first-order valence-corrected chi connectivity index (χ1v) is 11.5. The first kappa shape index (κ1) is 20.1. The number of morpholine rings is 1. The van der Waals surface area contributed by atoms with E-state index >= 15 is 0 Å². The number of H-pyrrole nitrogens is 1. The number of fused-ring (bicyclic) bond motifs is 1. The van der Waals surface area contributed by atoms with Crippen LogP contribution in [0, 0.1) is 20.8 Å². The third kappa shape index (κ3) is 3.95. The largest absolute Gasteiger partial charge is 0.368 e. The van der Waals surface area contributed by atoms with Gasteiger partial charge in [-0.3, -0.25) is 14.9 Å². The van der Waals surface area contributed by atoms with Crippen LogP contribution in [-0.2, 0) is 17.6 Å². The lowest BCUT2D eigenvalue weighted by atomic mass is 10.1. The summed E-state index contributed by atoms with van der Waals surface area (Å²) in [5, 5.41) is 11.6. The van der Waals surface area contributed by atoms with E-state index in [2.05, 4.69) is 27.4 Å². The molecule has 1 amide bonds. The number of carbonyl (C=O) groups is 1. The summed E-state index contributed by atoms with van der Waals surface area (Å²) in [5.41, 5.74) is 6.43. The van der Waals surface area contributed by atoms with Gasteiger partial charge in [0.1, 0.15) is 6.10 Å². The maximum Gasteiger partial charge on any atom is 0.274 e. The Morgan fingerprint density at radius 2 is 2.13 bits per heavy atom. The summed E-state index contributed by atoms with van der Waals surface area (Å²) in [6, 6.07) is 3.98. The number of thiazole rings is 1. The summed E-state index contributed by atoms with van der Waals surface area (Å²) in [5.74, 6) is -0.0209. The smallest absolute Gasteiger partial charge is 0.274 e. The first-order chi connectivity index (χ1) is 15.0. The molecule has 1 saturated heterocycles. The zero-order valence-corrected chi connectivity index (χ0v) is 18.8. The number of nitrogens with one attached hydrogen (secondary N) is 2. The average molecular weight is 439 g/mol. The van der Waals surface area contributed by atoms with Crippen LogP contribution in [0.5, 0.6) is 0 Å². The Labute approximate surface area is 185 Å². The van der Waals surface area contributed by atoms with Crippen molar-refractivity contribution in [2.45, 2.75) is 46.1 Å². The highest BCUT2D eigenvalue weighted by Crippen LogP contribution is 2.29. The minimum atomic E-state index is -0.273. The van der Waals surface area contributed by atoms with Crippen LogP contribution in [0.1, 0.15) is 56.2 Å². The van der Waals surface area contributed by atoms with Gasteiger partial charge in [-0.25, -0.2) is 4.98 Å². The molecule has 3 aromatic heterocycles. The van der Waals surface area contributed by atoms with E-state index < -0.39 is 0 Å². The molecule has 2 aliphatic rings. The number of carbonyl (C=O) groups excluding carboxylic acids is 1. The Bertz CT molecular complexity index is 1120. The summed E-state index contributed by atoms with van der Waals surface area (Å²) >= 11 is 1.63. The molecule has 1 fully saturated rings. The molecule has 1 aliphatic carbocycles. The highest BCUT2D eigenvalue weighted by molar-refractivity contribution is 7.15. The average Bonchev–Trinajstić information content (AvgIpc) is 3.44. The van der Waals surface area contributed by atoms with Crippen LogP contribution < -0.4 is 5.32 Å². The molecule has 0 spiro atoms. The molecular weight excluding hydrogens is 412 g/mol. The van der Waals surface area contributed by atoms with Crippen LogP contribution in [0.15, 0.2) is 12.1 Å². The lowest BCUT2D eigenvalue weighted by molar-refractivity contribution is -0.0249. The van der Waals surface area contributed by atoms with Crippen LogP contribution in [0.25, 0.3) is 0 Å². The zero-order valence-electron chi connectivity index (χ0n) is 18.0. The molecule has 9 heteroatoms. The molecule has 2 N–H and O–H groups in total. The normalized spacial score (nSPS) is 18.3. The number of ether oxygens (including phenoxy) is 1. The van der Waals surface area contributed by atoms with E-state index in [4.69, 9.17) is 9.72 Å². The fourth-order valence-electron chi connectivity index (χ4n) is 4.24. The third-order valence-electron chi connectivity index (χ3n) is 5.95. The SMILES string of the molecule is Cc1cc(Nc2nc(C)c(C)s2)cc([C@@H]2CN(C(=O)c3n[nH]c4c3CCC4)CCO2)n1. The number of pyridine rings is 1. The minimum Gasteiger partial charge on any atom is -0.368 e. The molecule has 0 aromatic carbocycles. The quantitative estimate of drug-likeness (QED) is 0.646. The van der Waals surface area contributed by atoms with E-state index in [1.54, 1.807) is 11.3 Å². The van der Waals surface area contributed by atoms with E-state index in [-0.39, 0.29) is 12.0 Å². The van der Waals surface area contributed by atoms with Crippen LogP contribution in [-0.4, -0.2) is 50.7 Å². The molecule has 31 heavy (non-hydrogen) atoms. The molecular formula is C22H26N6O2S. The molecule has 162 valence electrons. The highest BCUT2D eigenvalue weighted by atomic mass is 32.1. The van der Waals surface area contributed by atoms with Gasteiger partial charge in [0, 0.05) is 34.1 Å². The molecule has 5 rings (SSSR count). The van der Waals surface area contributed by atoms with Gasteiger partial charge in [-0.1, -0.05) is 0 Å².